The molecule has 0 fully saturated rings. The standard InChI is InChI=1S/C13H23NO/c1-11(15)8-9-13(14(2)3)10-12-6-4-5-7-12/h6,13H,4-5,7-10H2,1-3H3. The van der Waals surface area contributed by atoms with Gasteiger partial charge in [-0.3, -0.25) is 0 Å². The van der Waals surface area contributed by atoms with E-state index in [0.717, 1.165) is 19.3 Å². The molecule has 2 nitrogen and oxygen atoms in total. The first-order chi connectivity index (χ1) is 7.09. The van der Waals surface area contributed by atoms with E-state index < -0.39 is 0 Å². The molecule has 0 aliphatic heterocycles. The molecule has 86 valence electrons. The molecule has 0 aromatic rings. The molecule has 0 aromatic heterocycles. The summed E-state index contributed by atoms with van der Waals surface area (Å²) in [5, 5.41) is 0. The summed E-state index contributed by atoms with van der Waals surface area (Å²) in [6.07, 6.45) is 9.09. The topological polar surface area (TPSA) is 20.3 Å². The van der Waals surface area contributed by atoms with Gasteiger partial charge in [0, 0.05) is 12.5 Å². The highest BCUT2D eigenvalue weighted by atomic mass is 16.1. The maximum Gasteiger partial charge on any atom is 0.129 e. The summed E-state index contributed by atoms with van der Waals surface area (Å²) in [6, 6.07) is 0.540. The minimum absolute atomic E-state index is 0.308. The summed E-state index contributed by atoms with van der Waals surface area (Å²) < 4.78 is 0. The molecule has 2 heteroatoms. The van der Waals surface area contributed by atoms with E-state index >= 15 is 0 Å². The van der Waals surface area contributed by atoms with Gasteiger partial charge in [-0.1, -0.05) is 11.6 Å². The van der Waals surface area contributed by atoms with Crippen LogP contribution in [0.2, 0.25) is 0 Å². The fourth-order valence-corrected chi connectivity index (χ4v) is 2.14. The van der Waals surface area contributed by atoms with Gasteiger partial charge in [0.2, 0.25) is 0 Å². The molecule has 1 atom stereocenters. The Kier molecular flexibility index (Phi) is 5.03. The van der Waals surface area contributed by atoms with Crippen LogP contribution < -0.4 is 0 Å². The second-order valence-corrected chi connectivity index (χ2v) is 4.82. The second-order valence-electron chi connectivity index (χ2n) is 4.82. The van der Waals surface area contributed by atoms with E-state index in [2.05, 4.69) is 25.1 Å². The van der Waals surface area contributed by atoms with Gasteiger partial charge in [0.25, 0.3) is 0 Å². The summed E-state index contributed by atoms with van der Waals surface area (Å²) in [7, 11) is 4.22. The molecule has 0 radical (unpaired) electrons. The number of Topliss-reactive ketones (excluding diaryl/α,β-unsaturated/α-hetero) is 1. The Morgan fingerprint density at radius 2 is 2.27 bits per heavy atom. The van der Waals surface area contributed by atoms with E-state index in [-0.39, 0.29) is 0 Å². The summed E-state index contributed by atoms with van der Waals surface area (Å²) in [4.78, 5) is 13.2. The molecule has 0 heterocycles. The number of hydrogen-bond acceptors (Lipinski definition) is 2. The SMILES string of the molecule is CC(=O)CCC(CC1=CCCC1)N(C)C. The van der Waals surface area contributed by atoms with Crippen LogP contribution in [0.15, 0.2) is 11.6 Å². The van der Waals surface area contributed by atoms with Crippen molar-refractivity contribution in [2.24, 2.45) is 0 Å². The van der Waals surface area contributed by atoms with Crippen molar-refractivity contribution < 1.29 is 4.79 Å². The molecule has 1 aliphatic rings. The molecule has 0 amide bonds. The van der Waals surface area contributed by atoms with Gasteiger partial charge in [0.1, 0.15) is 5.78 Å². The van der Waals surface area contributed by atoms with Crippen molar-refractivity contribution in [3.05, 3.63) is 11.6 Å². The number of ketones is 1. The van der Waals surface area contributed by atoms with E-state index in [1.807, 2.05) is 0 Å². The van der Waals surface area contributed by atoms with Crippen molar-refractivity contribution in [2.45, 2.75) is 51.5 Å². The summed E-state index contributed by atoms with van der Waals surface area (Å²) in [5.74, 6) is 0.308. The van der Waals surface area contributed by atoms with Crippen LogP contribution in [0.4, 0.5) is 0 Å². The van der Waals surface area contributed by atoms with E-state index in [4.69, 9.17) is 0 Å². The van der Waals surface area contributed by atoms with Crippen LogP contribution in [-0.4, -0.2) is 30.8 Å². The Morgan fingerprint density at radius 3 is 2.73 bits per heavy atom. The van der Waals surface area contributed by atoms with Crippen molar-refractivity contribution in [1.29, 1.82) is 0 Å². The van der Waals surface area contributed by atoms with E-state index in [9.17, 15) is 4.79 Å². The highest BCUT2D eigenvalue weighted by Crippen LogP contribution is 2.24. The first-order valence-corrected chi connectivity index (χ1v) is 5.93. The zero-order chi connectivity index (χ0) is 11.3. The fraction of sp³-hybridized carbons (Fsp3) is 0.769. The molecular formula is C13H23NO. The predicted octanol–water partition coefficient (Wildman–Crippen LogP) is 2.79. The minimum Gasteiger partial charge on any atom is -0.306 e. The van der Waals surface area contributed by atoms with Crippen LogP contribution in [0.3, 0.4) is 0 Å². The molecular weight excluding hydrogens is 186 g/mol. The molecule has 1 unspecified atom stereocenters. The fourth-order valence-electron chi connectivity index (χ4n) is 2.14. The minimum atomic E-state index is 0.308. The van der Waals surface area contributed by atoms with E-state index in [1.165, 1.54) is 19.3 Å². The average molecular weight is 209 g/mol. The molecule has 0 N–H and O–H groups in total. The molecule has 0 spiro atoms. The monoisotopic (exact) mass is 209 g/mol. The van der Waals surface area contributed by atoms with Crippen molar-refractivity contribution in [1.82, 2.24) is 4.90 Å². The van der Waals surface area contributed by atoms with Crippen LogP contribution >= 0.6 is 0 Å². The third-order valence-corrected chi connectivity index (χ3v) is 3.19. The third kappa shape index (κ3) is 4.61. The van der Waals surface area contributed by atoms with Gasteiger partial charge >= 0.3 is 0 Å². The zero-order valence-corrected chi connectivity index (χ0v) is 10.3. The smallest absolute Gasteiger partial charge is 0.129 e. The molecule has 15 heavy (non-hydrogen) atoms. The molecule has 1 aliphatic carbocycles. The lowest BCUT2D eigenvalue weighted by molar-refractivity contribution is -0.117. The van der Waals surface area contributed by atoms with Gasteiger partial charge in [-0.25, -0.2) is 0 Å². The number of hydrogen-bond donors (Lipinski definition) is 0. The van der Waals surface area contributed by atoms with Gasteiger partial charge < -0.3 is 9.69 Å². The van der Waals surface area contributed by atoms with Crippen molar-refractivity contribution >= 4 is 5.78 Å². The molecule has 0 bridgehead atoms. The molecule has 0 saturated carbocycles. The first-order valence-electron chi connectivity index (χ1n) is 5.93. The van der Waals surface area contributed by atoms with Crippen molar-refractivity contribution in [2.75, 3.05) is 14.1 Å². The van der Waals surface area contributed by atoms with Crippen molar-refractivity contribution in [3.63, 3.8) is 0 Å². The summed E-state index contributed by atoms with van der Waals surface area (Å²) in [5.41, 5.74) is 1.59. The van der Waals surface area contributed by atoms with Gasteiger partial charge in [-0.15, -0.1) is 0 Å². The maximum atomic E-state index is 11.0. The van der Waals surface area contributed by atoms with E-state index in [0.29, 0.717) is 11.8 Å². The van der Waals surface area contributed by atoms with Crippen LogP contribution in [0.25, 0.3) is 0 Å². The molecule has 1 rings (SSSR count). The third-order valence-electron chi connectivity index (χ3n) is 3.19. The van der Waals surface area contributed by atoms with Crippen LogP contribution in [-0.2, 0) is 4.79 Å². The maximum absolute atomic E-state index is 11.0. The zero-order valence-electron chi connectivity index (χ0n) is 10.3. The Labute approximate surface area is 93.3 Å². The number of nitrogens with zero attached hydrogens (tertiary/aromatic N) is 1. The Hall–Kier alpha value is -0.630. The number of rotatable bonds is 6. The van der Waals surface area contributed by atoms with Gasteiger partial charge in [0.15, 0.2) is 0 Å². The summed E-state index contributed by atoms with van der Waals surface area (Å²) in [6.45, 7) is 1.68. The largest absolute Gasteiger partial charge is 0.306 e. The van der Waals surface area contributed by atoms with Gasteiger partial charge in [-0.2, -0.15) is 0 Å². The lowest BCUT2D eigenvalue weighted by atomic mass is 9.99. The highest BCUT2D eigenvalue weighted by molar-refractivity contribution is 5.75. The van der Waals surface area contributed by atoms with Gasteiger partial charge in [-0.05, 0) is 53.1 Å². The van der Waals surface area contributed by atoms with E-state index in [1.54, 1.807) is 12.5 Å². The second kappa shape index (κ2) is 6.06. The number of carbonyl (C=O) groups is 1. The van der Waals surface area contributed by atoms with Crippen molar-refractivity contribution in [3.8, 4) is 0 Å². The van der Waals surface area contributed by atoms with Crippen LogP contribution in [0.1, 0.15) is 45.4 Å². The highest BCUT2D eigenvalue weighted by Gasteiger charge is 2.15. The van der Waals surface area contributed by atoms with Gasteiger partial charge in [0.05, 0.1) is 0 Å². The quantitative estimate of drug-likeness (QED) is 0.627. The first kappa shape index (κ1) is 12.4. The number of carbonyl (C=O) groups excluding carboxylic acids is 1. The normalized spacial score (nSPS) is 18.0. The van der Waals surface area contributed by atoms with Crippen LogP contribution in [0.5, 0.6) is 0 Å². The Bertz CT molecular complexity index is 243. The lowest BCUT2D eigenvalue weighted by Gasteiger charge is -2.24. The summed E-state index contributed by atoms with van der Waals surface area (Å²) >= 11 is 0. The Morgan fingerprint density at radius 1 is 1.53 bits per heavy atom. The average Bonchev–Trinajstić information content (AvgIpc) is 2.63. The van der Waals surface area contributed by atoms with Crippen LogP contribution in [0, 0.1) is 0 Å². The molecule has 0 aromatic carbocycles. The Balaban J connectivity index is 2.39. The number of allylic oxidation sites excluding steroid dienone is 1. The predicted molar refractivity (Wildman–Crippen MR) is 63.9 cm³/mol. The molecule has 0 saturated heterocycles. The lowest BCUT2D eigenvalue weighted by Crippen LogP contribution is -2.28.